The Kier molecular flexibility index (Phi) is 5.04. The lowest BCUT2D eigenvalue weighted by atomic mass is 9.98. The molecule has 0 saturated carbocycles. The summed E-state index contributed by atoms with van der Waals surface area (Å²) in [6, 6.07) is 6.29. The van der Waals surface area contributed by atoms with Crippen molar-refractivity contribution in [2.45, 2.75) is 36.5 Å². The van der Waals surface area contributed by atoms with Gasteiger partial charge in [0.15, 0.2) is 5.82 Å². The standard InChI is InChI=1S/C16H17Cl3N4O/c1-3-10-4-5-11-12(6-7-24-13(11)8-10)22-15-21-9(2)20-14(23-15)16(17,18)19/h4-5,8,12H,3,6-7H2,1-2H3,(H,20,21,22,23). The summed E-state index contributed by atoms with van der Waals surface area (Å²) in [5.74, 6) is 1.88. The molecule has 2 heterocycles. The number of benzene rings is 1. The number of anilines is 1. The van der Waals surface area contributed by atoms with Crippen molar-refractivity contribution in [3.05, 3.63) is 41.0 Å². The molecule has 0 radical (unpaired) electrons. The van der Waals surface area contributed by atoms with Gasteiger partial charge in [-0.15, -0.1) is 0 Å². The van der Waals surface area contributed by atoms with E-state index in [1.54, 1.807) is 6.92 Å². The van der Waals surface area contributed by atoms with Crippen LogP contribution in [0.25, 0.3) is 0 Å². The molecule has 1 aliphatic rings. The molecule has 1 N–H and O–H groups in total. The molecule has 3 rings (SSSR count). The van der Waals surface area contributed by atoms with E-state index < -0.39 is 3.79 Å². The van der Waals surface area contributed by atoms with E-state index in [9.17, 15) is 0 Å². The van der Waals surface area contributed by atoms with Crippen LogP contribution in [0.5, 0.6) is 5.75 Å². The summed E-state index contributed by atoms with van der Waals surface area (Å²) in [6.45, 7) is 4.48. The van der Waals surface area contributed by atoms with E-state index in [-0.39, 0.29) is 11.9 Å². The van der Waals surface area contributed by atoms with Gasteiger partial charge in [-0.05, 0) is 25.0 Å². The van der Waals surface area contributed by atoms with Gasteiger partial charge in [0.2, 0.25) is 9.74 Å². The van der Waals surface area contributed by atoms with E-state index in [1.165, 1.54) is 5.56 Å². The molecule has 1 aliphatic heterocycles. The van der Waals surface area contributed by atoms with Gasteiger partial charge >= 0.3 is 0 Å². The fourth-order valence-electron chi connectivity index (χ4n) is 2.63. The summed E-state index contributed by atoms with van der Waals surface area (Å²) in [5, 5.41) is 3.31. The highest BCUT2D eigenvalue weighted by molar-refractivity contribution is 6.66. The van der Waals surface area contributed by atoms with Crippen molar-refractivity contribution in [2.75, 3.05) is 11.9 Å². The molecule has 0 spiro atoms. The maximum atomic E-state index is 5.89. The van der Waals surface area contributed by atoms with Gasteiger partial charge in [0.1, 0.15) is 11.6 Å². The van der Waals surface area contributed by atoms with Crippen molar-refractivity contribution in [1.29, 1.82) is 0 Å². The number of hydrogen-bond acceptors (Lipinski definition) is 5. The number of nitrogens with zero attached hydrogens (tertiary/aromatic N) is 3. The Labute approximate surface area is 155 Å². The maximum absolute atomic E-state index is 5.89. The Hall–Kier alpha value is -1.30. The molecule has 1 aromatic heterocycles. The molecule has 0 bridgehead atoms. The van der Waals surface area contributed by atoms with Crippen LogP contribution in [0.4, 0.5) is 5.95 Å². The van der Waals surface area contributed by atoms with E-state index in [4.69, 9.17) is 39.5 Å². The number of aromatic nitrogens is 3. The molecule has 24 heavy (non-hydrogen) atoms. The Morgan fingerprint density at radius 1 is 1.25 bits per heavy atom. The maximum Gasteiger partial charge on any atom is 0.250 e. The molecule has 1 atom stereocenters. The van der Waals surface area contributed by atoms with Crippen LogP contribution in [0.2, 0.25) is 0 Å². The van der Waals surface area contributed by atoms with Crippen molar-refractivity contribution in [3.8, 4) is 5.75 Å². The fourth-order valence-corrected chi connectivity index (χ4v) is 2.89. The second-order valence-electron chi connectivity index (χ2n) is 5.59. The largest absolute Gasteiger partial charge is 0.493 e. The van der Waals surface area contributed by atoms with Crippen LogP contribution in [0.1, 0.15) is 42.2 Å². The SMILES string of the molecule is CCc1ccc2c(c1)OCCC2Nc1nc(C)nc(C(Cl)(Cl)Cl)n1. The Morgan fingerprint density at radius 2 is 2.04 bits per heavy atom. The highest BCUT2D eigenvalue weighted by atomic mass is 35.6. The average molecular weight is 388 g/mol. The summed E-state index contributed by atoms with van der Waals surface area (Å²) in [5.41, 5.74) is 2.32. The van der Waals surface area contributed by atoms with Crippen LogP contribution >= 0.6 is 34.8 Å². The molecule has 0 amide bonds. The fraction of sp³-hybridized carbons (Fsp3) is 0.438. The third-order valence-electron chi connectivity index (χ3n) is 3.83. The van der Waals surface area contributed by atoms with Crippen LogP contribution in [0.15, 0.2) is 18.2 Å². The number of fused-ring (bicyclic) bond motifs is 1. The first-order chi connectivity index (χ1) is 11.4. The monoisotopic (exact) mass is 386 g/mol. The molecule has 2 aromatic rings. The third-order valence-corrected chi connectivity index (χ3v) is 4.34. The lowest BCUT2D eigenvalue weighted by molar-refractivity contribution is 0.273. The van der Waals surface area contributed by atoms with Crippen LogP contribution < -0.4 is 10.1 Å². The normalized spacial score (nSPS) is 17.1. The van der Waals surface area contributed by atoms with E-state index in [1.807, 2.05) is 0 Å². The number of alkyl halides is 3. The minimum absolute atomic E-state index is 0.0321. The summed E-state index contributed by atoms with van der Waals surface area (Å²) in [6.07, 6.45) is 1.76. The van der Waals surface area contributed by atoms with Crippen molar-refractivity contribution >= 4 is 40.8 Å². The van der Waals surface area contributed by atoms with Crippen LogP contribution in [-0.2, 0) is 10.2 Å². The quantitative estimate of drug-likeness (QED) is 0.785. The minimum atomic E-state index is -1.69. The molecule has 1 aromatic carbocycles. The molecular formula is C16H17Cl3N4O. The van der Waals surface area contributed by atoms with E-state index in [0.29, 0.717) is 18.4 Å². The molecule has 0 fully saturated rings. The zero-order chi connectivity index (χ0) is 17.3. The summed E-state index contributed by atoms with van der Waals surface area (Å²) >= 11 is 17.7. The van der Waals surface area contributed by atoms with E-state index in [0.717, 1.165) is 24.2 Å². The first-order valence-corrected chi connectivity index (χ1v) is 8.82. The molecule has 8 heteroatoms. The number of ether oxygens (including phenoxy) is 1. The molecule has 1 unspecified atom stereocenters. The number of rotatable bonds is 3. The third kappa shape index (κ3) is 3.85. The van der Waals surface area contributed by atoms with Gasteiger partial charge in [-0.2, -0.15) is 9.97 Å². The Bertz CT molecular complexity index is 749. The van der Waals surface area contributed by atoms with Gasteiger partial charge in [0.05, 0.1) is 12.6 Å². The number of hydrogen-bond donors (Lipinski definition) is 1. The average Bonchev–Trinajstić information content (AvgIpc) is 2.53. The van der Waals surface area contributed by atoms with Crippen molar-refractivity contribution in [1.82, 2.24) is 15.0 Å². The van der Waals surface area contributed by atoms with Crippen LogP contribution in [-0.4, -0.2) is 21.6 Å². The van der Waals surface area contributed by atoms with Gasteiger partial charge in [-0.3, -0.25) is 0 Å². The first-order valence-electron chi connectivity index (χ1n) is 7.69. The van der Waals surface area contributed by atoms with E-state index >= 15 is 0 Å². The summed E-state index contributed by atoms with van der Waals surface area (Å²) < 4.78 is 4.09. The van der Waals surface area contributed by atoms with Crippen molar-refractivity contribution < 1.29 is 4.74 Å². The smallest absolute Gasteiger partial charge is 0.250 e. The topological polar surface area (TPSA) is 59.9 Å². The molecule has 5 nitrogen and oxygen atoms in total. The first kappa shape index (κ1) is 17.5. The number of aryl methyl sites for hydroxylation is 2. The van der Waals surface area contributed by atoms with Gasteiger partial charge in [0, 0.05) is 12.0 Å². The van der Waals surface area contributed by atoms with Gasteiger partial charge < -0.3 is 10.1 Å². The predicted molar refractivity (Wildman–Crippen MR) is 96.1 cm³/mol. The molecule has 0 saturated heterocycles. The zero-order valence-electron chi connectivity index (χ0n) is 13.3. The molecule has 128 valence electrons. The summed E-state index contributed by atoms with van der Waals surface area (Å²) in [4.78, 5) is 12.6. The second kappa shape index (κ2) is 6.90. The highest BCUT2D eigenvalue weighted by Crippen LogP contribution is 2.37. The minimum Gasteiger partial charge on any atom is -0.493 e. The van der Waals surface area contributed by atoms with Crippen molar-refractivity contribution in [3.63, 3.8) is 0 Å². The van der Waals surface area contributed by atoms with Crippen LogP contribution in [0, 0.1) is 6.92 Å². The van der Waals surface area contributed by atoms with Gasteiger partial charge in [-0.25, -0.2) is 4.98 Å². The van der Waals surface area contributed by atoms with Gasteiger partial charge in [0.25, 0.3) is 0 Å². The van der Waals surface area contributed by atoms with Crippen molar-refractivity contribution in [2.24, 2.45) is 0 Å². The Balaban J connectivity index is 1.89. The summed E-state index contributed by atoms with van der Waals surface area (Å²) in [7, 11) is 0. The molecule has 0 aliphatic carbocycles. The van der Waals surface area contributed by atoms with Crippen LogP contribution in [0.3, 0.4) is 0 Å². The second-order valence-corrected chi connectivity index (χ2v) is 7.87. The lowest BCUT2D eigenvalue weighted by Gasteiger charge is -2.27. The highest BCUT2D eigenvalue weighted by Gasteiger charge is 2.29. The number of halogens is 3. The predicted octanol–water partition coefficient (Wildman–Crippen LogP) is 4.50. The zero-order valence-corrected chi connectivity index (χ0v) is 15.6. The Morgan fingerprint density at radius 3 is 2.75 bits per heavy atom. The molecular weight excluding hydrogens is 371 g/mol. The van der Waals surface area contributed by atoms with E-state index in [2.05, 4.69) is 45.4 Å². The van der Waals surface area contributed by atoms with Gasteiger partial charge in [-0.1, -0.05) is 53.9 Å². The number of nitrogens with one attached hydrogen (secondary N) is 1. The lowest BCUT2D eigenvalue weighted by Crippen LogP contribution is -2.22.